The van der Waals surface area contributed by atoms with Crippen molar-refractivity contribution < 1.29 is 0 Å². The molecule has 0 spiro atoms. The minimum Gasteiger partial charge on any atom is -0.240 e. The molecule has 1 aromatic heterocycles. The van der Waals surface area contributed by atoms with Gasteiger partial charge in [-0.1, -0.05) is 53.0 Å². The van der Waals surface area contributed by atoms with Gasteiger partial charge >= 0.3 is 0 Å². The third-order valence-electron chi connectivity index (χ3n) is 5.13. The molecule has 0 N–H and O–H groups in total. The lowest BCUT2D eigenvalue weighted by Crippen LogP contribution is -2.10. The first-order valence-corrected chi connectivity index (χ1v) is 11.5. The number of hydrogen-bond acceptors (Lipinski definition) is 3. The number of rotatable bonds is 4. The van der Waals surface area contributed by atoms with Crippen molar-refractivity contribution in [3.63, 3.8) is 0 Å². The molecule has 4 rings (SSSR count). The fourth-order valence-corrected chi connectivity index (χ4v) is 5.55. The van der Waals surface area contributed by atoms with Gasteiger partial charge in [0.25, 0.3) is 0 Å². The molecule has 1 aliphatic carbocycles. The minimum atomic E-state index is 0.555. The van der Waals surface area contributed by atoms with Gasteiger partial charge in [-0.15, -0.1) is 11.8 Å². The second-order valence-electron chi connectivity index (χ2n) is 6.91. The van der Waals surface area contributed by atoms with Crippen molar-refractivity contribution >= 4 is 46.6 Å². The second kappa shape index (κ2) is 8.98. The van der Waals surface area contributed by atoms with Crippen LogP contribution in [0.4, 0.5) is 0 Å². The quantitative estimate of drug-likeness (QED) is 0.374. The number of nitriles is 1. The molecule has 2 nitrogen and oxygen atoms in total. The van der Waals surface area contributed by atoms with Gasteiger partial charge in [0.15, 0.2) is 0 Å². The van der Waals surface area contributed by atoms with Gasteiger partial charge in [-0.3, -0.25) is 0 Å². The van der Waals surface area contributed by atoms with Crippen LogP contribution in [0.2, 0.25) is 15.1 Å². The van der Waals surface area contributed by atoms with Gasteiger partial charge < -0.3 is 0 Å². The van der Waals surface area contributed by atoms with Crippen LogP contribution in [0, 0.1) is 11.3 Å². The largest absolute Gasteiger partial charge is 0.240 e. The molecule has 0 fully saturated rings. The van der Waals surface area contributed by atoms with Crippen LogP contribution in [0.3, 0.4) is 0 Å². The number of hydrogen-bond donors (Lipinski definition) is 0. The lowest BCUT2D eigenvalue weighted by Gasteiger charge is -2.22. The van der Waals surface area contributed by atoms with Gasteiger partial charge in [-0.2, -0.15) is 5.26 Å². The van der Waals surface area contributed by atoms with E-state index in [4.69, 9.17) is 39.8 Å². The molecule has 146 valence electrons. The molecule has 29 heavy (non-hydrogen) atoms. The van der Waals surface area contributed by atoms with Crippen LogP contribution in [0.15, 0.2) is 47.5 Å². The van der Waals surface area contributed by atoms with Crippen molar-refractivity contribution in [2.45, 2.75) is 36.5 Å². The van der Waals surface area contributed by atoms with Crippen molar-refractivity contribution in [1.82, 2.24) is 4.98 Å². The number of nitrogens with zero attached hydrogens (tertiary/aromatic N) is 2. The number of fused-ring (bicyclic) bond motifs is 1. The third kappa shape index (κ3) is 4.27. The smallest absolute Gasteiger partial charge is 0.115 e. The Kier molecular flexibility index (Phi) is 6.37. The summed E-state index contributed by atoms with van der Waals surface area (Å²) >= 11 is 20.2. The first-order valence-electron chi connectivity index (χ1n) is 9.36. The van der Waals surface area contributed by atoms with Crippen LogP contribution in [0.1, 0.15) is 35.1 Å². The van der Waals surface area contributed by atoms with Crippen molar-refractivity contribution in [3.8, 4) is 17.3 Å². The first-order chi connectivity index (χ1) is 14.1. The maximum absolute atomic E-state index is 9.91. The van der Waals surface area contributed by atoms with E-state index in [9.17, 15) is 5.26 Å². The van der Waals surface area contributed by atoms with Gasteiger partial charge in [-0.05, 0) is 66.6 Å². The molecular formula is C23H17Cl3N2S. The van der Waals surface area contributed by atoms with Crippen molar-refractivity contribution in [1.29, 1.82) is 5.26 Å². The molecule has 0 aliphatic heterocycles. The van der Waals surface area contributed by atoms with E-state index >= 15 is 0 Å². The molecule has 6 heteroatoms. The van der Waals surface area contributed by atoms with E-state index in [0.29, 0.717) is 26.4 Å². The number of benzene rings is 2. The Balaban J connectivity index is 1.80. The summed E-state index contributed by atoms with van der Waals surface area (Å²) in [6, 6.07) is 15.6. The minimum absolute atomic E-state index is 0.555. The lowest BCUT2D eigenvalue weighted by molar-refractivity contribution is 0.677. The average Bonchev–Trinajstić information content (AvgIpc) is 2.73. The molecule has 1 heterocycles. The molecule has 0 bridgehead atoms. The number of halogens is 3. The van der Waals surface area contributed by atoms with Gasteiger partial charge in [-0.25, -0.2) is 4.98 Å². The van der Waals surface area contributed by atoms with Crippen molar-refractivity contribution in [3.05, 3.63) is 79.8 Å². The molecule has 1 aliphatic rings. The summed E-state index contributed by atoms with van der Waals surface area (Å²) in [7, 11) is 0. The van der Waals surface area contributed by atoms with E-state index in [0.717, 1.165) is 53.1 Å². The van der Waals surface area contributed by atoms with Crippen LogP contribution in [-0.4, -0.2) is 4.98 Å². The number of aromatic nitrogens is 1. The van der Waals surface area contributed by atoms with E-state index in [-0.39, 0.29) is 0 Å². The Morgan fingerprint density at radius 3 is 2.24 bits per heavy atom. The zero-order chi connectivity index (χ0) is 20.4. The van der Waals surface area contributed by atoms with E-state index in [1.54, 1.807) is 0 Å². The normalized spacial score (nSPS) is 13.0. The van der Waals surface area contributed by atoms with Gasteiger partial charge in [0.1, 0.15) is 11.1 Å². The monoisotopic (exact) mass is 458 g/mol. The average molecular weight is 460 g/mol. The predicted molar refractivity (Wildman–Crippen MR) is 122 cm³/mol. The van der Waals surface area contributed by atoms with Crippen LogP contribution >= 0.6 is 46.6 Å². The van der Waals surface area contributed by atoms with Crippen LogP contribution in [0.25, 0.3) is 11.3 Å². The molecule has 0 saturated heterocycles. The van der Waals surface area contributed by atoms with Crippen LogP contribution in [0.5, 0.6) is 0 Å². The fraction of sp³-hybridized carbons (Fsp3) is 0.217. The topological polar surface area (TPSA) is 36.7 Å². The molecular weight excluding hydrogens is 443 g/mol. The van der Waals surface area contributed by atoms with E-state index in [1.165, 1.54) is 17.3 Å². The molecule has 2 aromatic carbocycles. The van der Waals surface area contributed by atoms with Crippen molar-refractivity contribution in [2.75, 3.05) is 0 Å². The molecule has 0 radical (unpaired) electrons. The summed E-state index contributed by atoms with van der Waals surface area (Å²) in [6.07, 6.45) is 4.05. The van der Waals surface area contributed by atoms with E-state index in [2.05, 4.69) is 6.07 Å². The standard InChI is InChI=1S/C23H17Cl3N2S/c24-15-10-8-14(9-11-15)22-17-5-2-1-4-16(17)18(12-27)23(28-22)29-13-19-20(25)6-3-7-21(19)26/h3,6-11H,1-2,4-5,13H2. The summed E-state index contributed by atoms with van der Waals surface area (Å²) in [5.41, 5.74) is 5.84. The third-order valence-corrected chi connectivity index (χ3v) is 7.09. The Morgan fingerprint density at radius 2 is 1.59 bits per heavy atom. The van der Waals surface area contributed by atoms with Crippen molar-refractivity contribution in [2.24, 2.45) is 0 Å². The fourth-order valence-electron chi connectivity index (χ4n) is 3.67. The van der Waals surface area contributed by atoms with Gasteiger partial charge in [0, 0.05) is 26.4 Å². The Hall–Kier alpha value is -1.70. The highest BCUT2D eigenvalue weighted by molar-refractivity contribution is 7.98. The van der Waals surface area contributed by atoms with Gasteiger partial charge in [0.05, 0.1) is 11.3 Å². The van der Waals surface area contributed by atoms with Gasteiger partial charge in [0.2, 0.25) is 0 Å². The summed E-state index contributed by atoms with van der Waals surface area (Å²) < 4.78 is 0. The molecule has 0 amide bonds. The second-order valence-corrected chi connectivity index (χ2v) is 9.13. The molecule has 3 aromatic rings. The Labute approximate surface area is 189 Å². The highest BCUT2D eigenvalue weighted by Gasteiger charge is 2.23. The van der Waals surface area contributed by atoms with Crippen LogP contribution in [-0.2, 0) is 18.6 Å². The zero-order valence-electron chi connectivity index (χ0n) is 15.5. The molecule has 0 atom stereocenters. The molecule has 0 unspecified atom stereocenters. The Bertz CT molecular complexity index is 1080. The number of thioether (sulfide) groups is 1. The lowest BCUT2D eigenvalue weighted by atomic mass is 9.86. The Morgan fingerprint density at radius 1 is 0.931 bits per heavy atom. The summed E-state index contributed by atoms with van der Waals surface area (Å²) in [5, 5.41) is 12.6. The highest BCUT2D eigenvalue weighted by Crippen LogP contribution is 2.39. The van der Waals surface area contributed by atoms with E-state index < -0.39 is 0 Å². The van der Waals surface area contributed by atoms with Crippen LogP contribution < -0.4 is 0 Å². The predicted octanol–water partition coefficient (Wildman–Crippen LogP) is 7.75. The summed E-state index contributed by atoms with van der Waals surface area (Å²) in [6.45, 7) is 0. The maximum Gasteiger partial charge on any atom is 0.115 e. The highest BCUT2D eigenvalue weighted by atomic mass is 35.5. The van der Waals surface area contributed by atoms with E-state index in [1.807, 2.05) is 42.5 Å². The number of pyridine rings is 1. The maximum atomic E-state index is 9.91. The summed E-state index contributed by atoms with van der Waals surface area (Å²) in [5.74, 6) is 0.555. The first kappa shape index (κ1) is 20.6. The summed E-state index contributed by atoms with van der Waals surface area (Å²) in [4.78, 5) is 4.94. The SMILES string of the molecule is N#Cc1c(SCc2c(Cl)cccc2Cl)nc(-c2ccc(Cl)cc2)c2c1CCCC2. The zero-order valence-corrected chi connectivity index (χ0v) is 18.6. The molecule has 0 saturated carbocycles.